The van der Waals surface area contributed by atoms with Crippen molar-refractivity contribution in [3.05, 3.63) is 0 Å². The summed E-state index contributed by atoms with van der Waals surface area (Å²) in [4.78, 5) is 11.5. The molecule has 0 aromatic carbocycles. The van der Waals surface area contributed by atoms with Crippen molar-refractivity contribution < 1.29 is 20.1 Å². The average Bonchev–Trinajstić information content (AvgIpc) is 3.01. The molecule has 4 rings (SSSR count). The molecule has 0 aromatic rings. The topological polar surface area (TPSA) is 77.8 Å². The van der Waals surface area contributed by atoms with E-state index in [9.17, 15) is 20.1 Å². The van der Waals surface area contributed by atoms with Gasteiger partial charge in [0, 0.05) is 6.42 Å². The molecule has 0 radical (unpaired) electrons. The van der Waals surface area contributed by atoms with Gasteiger partial charge in [-0.3, -0.25) is 0 Å². The van der Waals surface area contributed by atoms with Crippen molar-refractivity contribution in [1.82, 2.24) is 0 Å². The molecule has 0 heterocycles. The van der Waals surface area contributed by atoms with E-state index < -0.39 is 0 Å². The Kier molecular flexibility index (Phi) is 5.71. The Morgan fingerprint density at radius 1 is 1.03 bits per heavy atom. The summed E-state index contributed by atoms with van der Waals surface area (Å²) < 4.78 is 0. The van der Waals surface area contributed by atoms with Gasteiger partial charge in [-0.15, -0.1) is 0 Å². The maximum Gasteiger partial charge on any atom is 0.129 e. The molecule has 4 nitrogen and oxygen atoms in total. The fourth-order valence-electron chi connectivity index (χ4n) is 8.76. The second-order valence-electron chi connectivity index (χ2n) is 11.7. The minimum Gasteiger partial charge on any atom is -0.393 e. The predicted octanol–water partition coefficient (Wildman–Crippen LogP) is 3.95. The molecule has 166 valence electrons. The van der Waals surface area contributed by atoms with Crippen LogP contribution in [0, 0.1) is 46.3 Å². The van der Waals surface area contributed by atoms with Crippen LogP contribution < -0.4 is 0 Å². The van der Waals surface area contributed by atoms with Crippen LogP contribution in [-0.4, -0.2) is 39.4 Å². The van der Waals surface area contributed by atoms with Crippen LogP contribution in [0.15, 0.2) is 0 Å². The lowest BCUT2D eigenvalue weighted by Gasteiger charge is -2.63. The van der Waals surface area contributed by atoms with Crippen LogP contribution in [0.1, 0.15) is 85.5 Å². The molecule has 4 saturated carbocycles. The zero-order chi connectivity index (χ0) is 21.1. The van der Waals surface area contributed by atoms with Crippen molar-refractivity contribution in [3.8, 4) is 0 Å². The lowest BCUT2D eigenvalue weighted by molar-refractivity contribution is -0.207. The molecule has 11 atom stereocenters. The van der Waals surface area contributed by atoms with Crippen LogP contribution in [0.25, 0.3) is 0 Å². The van der Waals surface area contributed by atoms with Gasteiger partial charge in [0.25, 0.3) is 0 Å². The monoisotopic (exact) mass is 406 g/mol. The zero-order valence-electron chi connectivity index (χ0n) is 18.8. The largest absolute Gasteiger partial charge is 0.393 e. The van der Waals surface area contributed by atoms with Crippen LogP contribution in [-0.2, 0) is 4.79 Å². The minimum absolute atomic E-state index is 0.129. The first kappa shape index (κ1) is 21.8. The van der Waals surface area contributed by atoms with E-state index >= 15 is 0 Å². The third-order valence-corrected chi connectivity index (χ3v) is 10.5. The number of carbonyl (C=O) groups excluding carboxylic acids is 1. The lowest BCUT2D eigenvalue weighted by Crippen LogP contribution is -2.62. The van der Waals surface area contributed by atoms with Crippen molar-refractivity contribution >= 4 is 5.78 Å². The molecule has 0 aromatic heterocycles. The van der Waals surface area contributed by atoms with Crippen molar-refractivity contribution in [3.63, 3.8) is 0 Å². The van der Waals surface area contributed by atoms with E-state index in [0.29, 0.717) is 36.0 Å². The summed E-state index contributed by atoms with van der Waals surface area (Å²) in [7, 11) is 0. The summed E-state index contributed by atoms with van der Waals surface area (Å²) in [6, 6.07) is 0. The van der Waals surface area contributed by atoms with Crippen molar-refractivity contribution in [2.45, 2.75) is 104 Å². The highest BCUT2D eigenvalue weighted by Gasteiger charge is 2.65. The van der Waals surface area contributed by atoms with E-state index in [1.165, 1.54) is 0 Å². The number of hydrogen-bond donors (Lipinski definition) is 3. The lowest BCUT2D eigenvalue weighted by atomic mass is 9.43. The molecule has 29 heavy (non-hydrogen) atoms. The highest BCUT2D eigenvalue weighted by molar-refractivity contribution is 5.75. The summed E-state index contributed by atoms with van der Waals surface area (Å²) in [6.45, 7) is 8.59. The first-order valence-electron chi connectivity index (χ1n) is 12.1. The van der Waals surface area contributed by atoms with Crippen LogP contribution in [0.5, 0.6) is 0 Å². The third-order valence-electron chi connectivity index (χ3n) is 10.5. The summed E-state index contributed by atoms with van der Waals surface area (Å²) in [6.07, 6.45) is 7.12. The Labute approximate surface area is 176 Å². The average molecular weight is 407 g/mol. The van der Waals surface area contributed by atoms with Gasteiger partial charge in [-0.05, 0) is 105 Å². The van der Waals surface area contributed by atoms with Gasteiger partial charge in [0.05, 0.1) is 18.3 Å². The third kappa shape index (κ3) is 3.32. The molecule has 11 unspecified atom stereocenters. The molecule has 0 bridgehead atoms. The number of aliphatic hydroxyl groups is 3. The second-order valence-corrected chi connectivity index (χ2v) is 11.7. The molecular weight excluding hydrogens is 364 g/mol. The quantitative estimate of drug-likeness (QED) is 0.660. The number of fused-ring (bicyclic) bond motifs is 5. The Balaban J connectivity index is 1.61. The van der Waals surface area contributed by atoms with E-state index in [0.717, 1.165) is 51.4 Å². The number of hydrogen-bond acceptors (Lipinski definition) is 4. The molecule has 4 fully saturated rings. The van der Waals surface area contributed by atoms with Crippen LogP contribution >= 0.6 is 0 Å². The standard InChI is InChI=1S/C25H42O4/c1-14(5-6-15(2)26)18-7-8-19-23-20(13-22(29)25(18,19)4)24(3)10-9-17(27)11-16(24)12-21(23)28/h14,16-23,27-29H,5-13H2,1-4H3. The van der Waals surface area contributed by atoms with Gasteiger partial charge in [-0.1, -0.05) is 20.8 Å². The van der Waals surface area contributed by atoms with E-state index in [4.69, 9.17) is 0 Å². The minimum atomic E-state index is -0.337. The second kappa shape index (κ2) is 7.60. The molecule has 0 spiro atoms. The molecule has 3 N–H and O–H groups in total. The van der Waals surface area contributed by atoms with Crippen LogP contribution in [0.3, 0.4) is 0 Å². The maximum atomic E-state index is 11.5. The van der Waals surface area contributed by atoms with Crippen molar-refractivity contribution in [1.29, 1.82) is 0 Å². The van der Waals surface area contributed by atoms with Crippen LogP contribution in [0.2, 0.25) is 0 Å². The van der Waals surface area contributed by atoms with Gasteiger partial charge < -0.3 is 20.1 Å². The molecule has 0 saturated heterocycles. The number of rotatable bonds is 4. The molecule has 4 aliphatic carbocycles. The number of ketones is 1. The Bertz CT molecular complexity index is 634. The SMILES string of the molecule is CC(=O)CCC(C)C1CCC2C3C(O)CC4CC(O)CCC4(C)C3CC(O)C12C. The van der Waals surface area contributed by atoms with Gasteiger partial charge in [0.15, 0.2) is 0 Å². The van der Waals surface area contributed by atoms with Gasteiger partial charge in [0.2, 0.25) is 0 Å². The molecular formula is C25H42O4. The molecule has 4 aliphatic rings. The summed E-state index contributed by atoms with van der Waals surface area (Å²) >= 11 is 0. The van der Waals surface area contributed by atoms with Crippen molar-refractivity contribution in [2.75, 3.05) is 0 Å². The fraction of sp³-hybridized carbons (Fsp3) is 0.960. The van der Waals surface area contributed by atoms with Crippen molar-refractivity contribution in [2.24, 2.45) is 46.3 Å². The zero-order valence-corrected chi connectivity index (χ0v) is 18.8. The van der Waals surface area contributed by atoms with E-state index in [1.807, 2.05) is 0 Å². The highest BCUT2D eigenvalue weighted by Crippen LogP contribution is 2.68. The molecule has 0 amide bonds. The summed E-state index contributed by atoms with van der Waals surface area (Å²) in [5.74, 6) is 2.45. The predicted molar refractivity (Wildman–Crippen MR) is 113 cm³/mol. The number of carbonyl (C=O) groups is 1. The maximum absolute atomic E-state index is 11.5. The Morgan fingerprint density at radius 2 is 1.76 bits per heavy atom. The van der Waals surface area contributed by atoms with E-state index in [2.05, 4.69) is 20.8 Å². The molecule has 4 heteroatoms. The summed E-state index contributed by atoms with van der Waals surface area (Å²) in [5, 5.41) is 33.0. The first-order valence-corrected chi connectivity index (χ1v) is 12.1. The summed E-state index contributed by atoms with van der Waals surface area (Å²) in [5.41, 5.74) is -0.0283. The van der Waals surface area contributed by atoms with E-state index in [-0.39, 0.29) is 40.8 Å². The smallest absolute Gasteiger partial charge is 0.129 e. The highest BCUT2D eigenvalue weighted by atomic mass is 16.3. The van der Waals surface area contributed by atoms with Gasteiger partial charge in [-0.25, -0.2) is 0 Å². The normalized spacial score (nSPS) is 52.9. The van der Waals surface area contributed by atoms with Crippen LogP contribution in [0.4, 0.5) is 0 Å². The number of aliphatic hydroxyl groups excluding tert-OH is 3. The van der Waals surface area contributed by atoms with Gasteiger partial charge >= 0.3 is 0 Å². The number of Topliss-reactive ketones (excluding diaryl/α,β-unsaturated/α-hetero) is 1. The Morgan fingerprint density at radius 3 is 2.45 bits per heavy atom. The van der Waals surface area contributed by atoms with Gasteiger partial charge in [-0.2, -0.15) is 0 Å². The first-order chi connectivity index (χ1) is 13.6. The fourth-order valence-corrected chi connectivity index (χ4v) is 8.76. The van der Waals surface area contributed by atoms with Gasteiger partial charge in [0.1, 0.15) is 5.78 Å². The van der Waals surface area contributed by atoms with E-state index in [1.54, 1.807) is 6.92 Å². The molecule has 0 aliphatic heterocycles. The Hall–Kier alpha value is -0.450.